The van der Waals surface area contributed by atoms with Gasteiger partial charge in [-0.05, 0) is 57.4 Å². The largest absolute Gasteiger partial charge is 0.478 e. The van der Waals surface area contributed by atoms with Crippen molar-refractivity contribution in [3.05, 3.63) is 96.4 Å². The van der Waals surface area contributed by atoms with Crippen molar-refractivity contribution in [2.24, 2.45) is 0 Å². The Kier molecular flexibility index (Phi) is 17.6. The summed E-state index contributed by atoms with van der Waals surface area (Å²) in [5.41, 5.74) is 0.504. The molecule has 1 rings (SSSR count). The van der Waals surface area contributed by atoms with Crippen molar-refractivity contribution in [3.8, 4) is 0 Å². The number of amides is 1. The zero-order valence-corrected chi connectivity index (χ0v) is 24.4. The van der Waals surface area contributed by atoms with Gasteiger partial charge in [-0.3, -0.25) is 9.78 Å². The Bertz CT molecular complexity index is 1040. The lowest BCUT2D eigenvalue weighted by atomic mass is 9.81. The van der Waals surface area contributed by atoms with Crippen LogP contribution in [0.2, 0.25) is 0 Å². The second kappa shape index (κ2) is 20.5. The van der Waals surface area contributed by atoms with Gasteiger partial charge in [-0.25, -0.2) is 4.79 Å². The molecule has 0 aliphatic carbocycles. The lowest BCUT2D eigenvalue weighted by molar-refractivity contribution is -0.116. The van der Waals surface area contributed by atoms with Gasteiger partial charge in [0.1, 0.15) is 5.56 Å². The van der Waals surface area contributed by atoms with E-state index in [1.165, 1.54) is 0 Å². The summed E-state index contributed by atoms with van der Waals surface area (Å²) < 4.78 is 0. The standard InChI is InChI=1S/C34H48N2O3/c1-5-7-8-9-10-11-12-13-14-15-16-17-18-19-20-21-22-23-24-25-30(37)36-29-26-28-35-32(31(29)33(38)39)34(3,4)27-6-2/h7-8,10-11,13-14,16-17,19-20,22-23,26,28H,5-6,9,12,15,18,21,24-25,27H2,1-4H3,(H,38,39)(H,35,36,37)/b8-7-,11-10-,14-13-,17-16-,20-19-,23-22-. The molecule has 5 heteroatoms. The van der Waals surface area contributed by atoms with Gasteiger partial charge in [0.15, 0.2) is 0 Å². The van der Waals surface area contributed by atoms with Gasteiger partial charge in [-0.1, -0.05) is 107 Å². The lowest BCUT2D eigenvalue weighted by Gasteiger charge is -2.26. The van der Waals surface area contributed by atoms with E-state index in [1.807, 2.05) is 26.0 Å². The number of carboxylic acids is 1. The van der Waals surface area contributed by atoms with Crippen molar-refractivity contribution < 1.29 is 14.7 Å². The molecule has 1 amide bonds. The molecule has 0 unspecified atom stereocenters. The minimum atomic E-state index is -1.07. The van der Waals surface area contributed by atoms with Crippen LogP contribution in [-0.4, -0.2) is 22.0 Å². The number of anilines is 1. The average Bonchev–Trinajstić information content (AvgIpc) is 2.89. The van der Waals surface area contributed by atoms with Gasteiger partial charge in [0, 0.05) is 18.0 Å². The van der Waals surface area contributed by atoms with Crippen LogP contribution in [0.1, 0.15) is 108 Å². The number of hydrogen-bond donors (Lipinski definition) is 2. The van der Waals surface area contributed by atoms with Gasteiger partial charge < -0.3 is 10.4 Å². The number of nitrogens with one attached hydrogen (secondary N) is 1. The van der Waals surface area contributed by atoms with Crippen LogP contribution in [-0.2, 0) is 10.2 Å². The van der Waals surface area contributed by atoms with E-state index in [2.05, 4.69) is 84.9 Å². The summed E-state index contributed by atoms with van der Waals surface area (Å²) >= 11 is 0. The van der Waals surface area contributed by atoms with Crippen molar-refractivity contribution >= 4 is 17.6 Å². The Morgan fingerprint density at radius 1 is 0.821 bits per heavy atom. The first-order valence-electron chi connectivity index (χ1n) is 14.3. The van der Waals surface area contributed by atoms with Crippen LogP contribution >= 0.6 is 0 Å². The normalized spacial score (nSPS) is 12.8. The second-order valence-corrected chi connectivity index (χ2v) is 10.0. The van der Waals surface area contributed by atoms with E-state index in [1.54, 1.807) is 12.3 Å². The molecule has 0 atom stereocenters. The fraction of sp³-hybridized carbons (Fsp3) is 0.441. The van der Waals surface area contributed by atoms with Crippen LogP contribution in [0, 0.1) is 0 Å². The van der Waals surface area contributed by atoms with E-state index >= 15 is 0 Å². The van der Waals surface area contributed by atoms with Crippen LogP contribution in [0.4, 0.5) is 5.69 Å². The van der Waals surface area contributed by atoms with E-state index in [9.17, 15) is 14.7 Å². The van der Waals surface area contributed by atoms with Gasteiger partial charge >= 0.3 is 5.97 Å². The summed E-state index contributed by atoms with van der Waals surface area (Å²) in [5, 5.41) is 12.6. The number of aromatic nitrogens is 1. The molecule has 1 heterocycles. The van der Waals surface area contributed by atoms with E-state index in [0.717, 1.165) is 51.4 Å². The van der Waals surface area contributed by atoms with E-state index in [-0.39, 0.29) is 17.9 Å². The van der Waals surface area contributed by atoms with Gasteiger partial charge in [-0.15, -0.1) is 0 Å². The van der Waals surface area contributed by atoms with E-state index in [0.29, 0.717) is 17.8 Å². The van der Waals surface area contributed by atoms with Crippen molar-refractivity contribution in [1.82, 2.24) is 4.98 Å². The SMILES string of the molecule is CC/C=C\C/C=C\C/C=C\C/C=C\C/C=C\C/C=C\CCC(=O)Nc1ccnc(C(C)(C)CCC)c1C(=O)O. The number of hydrogen-bond acceptors (Lipinski definition) is 3. The number of carbonyl (C=O) groups is 2. The van der Waals surface area contributed by atoms with Crippen LogP contribution in [0.5, 0.6) is 0 Å². The number of allylic oxidation sites excluding steroid dienone is 12. The van der Waals surface area contributed by atoms with E-state index in [4.69, 9.17) is 0 Å². The first-order valence-corrected chi connectivity index (χ1v) is 14.3. The maximum absolute atomic E-state index is 12.5. The molecule has 1 aromatic rings. The minimum absolute atomic E-state index is 0.0817. The first kappa shape index (κ1) is 33.6. The van der Waals surface area contributed by atoms with Gasteiger partial charge in [0.25, 0.3) is 0 Å². The summed E-state index contributed by atoms with van der Waals surface area (Å²) in [6, 6.07) is 1.56. The monoisotopic (exact) mass is 532 g/mol. The fourth-order valence-corrected chi connectivity index (χ4v) is 4.11. The van der Waals surface area contributed by atoms with Crippen molar-refractivity contribution in [3.63, 3.8) is 0 Å². The highest BCUT2D eigenvalue weighted by Gasteiger charge is 2.29. The number of rotatable bonds is 19. The zero-order valence-electron chi connectivity index (χ0n) is 24.4. The number of aromatic carboxylic acids is 1. The van der Waals surface area contributed by atoms with Gasteiger partial charge in [-0.2, -0.15) is 0 Å². The predicted molar refractivity (Wildman–Crippen MR) is 165 cm³/mol. The molecule has 0 radical (unpaired) electrons. The Balaban J connectivity index is 2.34. The summed E-state index contributed by atoms with van der Waals surface area (Å²) in [4.78, 5) is 28.8. The third kappa shape index (κ3) is 14.9. The Labute approximate surface area is 236 Å². The van der Waals surface area contributed by atoms with Gasteiger partial charge in [0.2, 0.25) is 5.91 Å². The van der Waals surface area contributed by atoms with Crippen molar-refractivity contribution in [2.75, 3.05) is 5.32 Å². The van der Waals surface area contributed by atoms with Crippen LogP contribution in [0.15, 0.2) is 85.2 Å². The lowest BCUT2D eigenvalue weighted by Crippen LogP contribution is -2.25. The predicted octanol–water partition coefficient (Wildman–Crippen LogP) is 9.27. The molecular weight excluding hydrogens is 484 g/mol. The van der Waals surface area contributed by atoms with Crippen LogP contribution in [0.3, 0.4) is 0 Å². The molecule has 0 saturated carbocycles. The van der Waals surface area contributed by atoms with Crippen molar-refractivity contribution in [2.45, 2.75) is 97.3 Å². The van der Waals surface area contributed by atoms with Gasteiger partial charge in [0.05, 0.1) is 11.4 Å². The molecule has 0 bridgehead atoms. The molecular formula is C34H48N2O3. The summed E-state index contributed by atoms with van der Waals surface area (Å²) in [5.74, 6) is -1.28. The molecule has 0 fully saturated rings. The van der Waals surface area contributed by atoms with Crippen molar-refractivity contribution in [1.29, 1.82) is 0 Å². The highest BCUT2D eigenvalue weighted by molar-refractivity contribution is 6.01. The maximum atomic E-state index is 12.5. The molecule has 1 aromatic heterocycles. The topological polar surface area (TPSA) is 79.3 Å². The first-order chi connectivity index (χ1) is 18.8. The zero-order chi connectivity index (χ0) is 28.8. The molecule has 0 aliphatic heterocycles. The van der Waals surface area contributed by atoms with Crippen LogP contribution in [0.25, 0.3) is 0 Å². The molecule has 0 spiro atoms. The highest BCUT2D eigenvalue weighted by atomic mass is 16.4. The number of pyridine rings is 1. The number of nitrogens with zero attached hydrogens (tertiary/aromatic N) is 1. The third-order valence-electron chi connectivity index (χ3n) is 6.09. The second-order valence-electron chi connectivity index (χ2n) is 10.0. The average molecular weight is 533 g/mol. The molecule has 5 nitrogen and oxygen atoms in total. The smallest absolute Gasteiger partial charge is 0.339 e. The Morgan fingerprint density at radius 2 is 1.31 bits per heavy atom. The molecule has 212 valence electrons. The molecule has 0 aliphatic rings. The summed E-state index contributed by atoms with van der Waals surface area (Å²) in [7, 11) is 0. The number of carboxylic acid groups (broad SMARTS) is 1. The summed E-state index contributed by atoms with van der Waals surface area (Å²) in [6.07, 6.45) is 35.7. The highest BCUT2D eigenvalue weighted by Crippen LogP contribution is 2.32. The van der Waals surface area contributed by atoms with Crippen LogP contribution < -0.4 is 5.32 Å². The minimum Gasteiger partial charge on any atom is -0.478 e. The molecule has 2 N–H and O–H groups in total. The van der Waals surface area contributed by atoms with E-state index < -0.39 is 11.4 Å². The Morgan fingerprint density at radius 3 is 1.77 bits per heavy atom. The maximum Gasteiger partial charge on any atom is 0.339 e. The summed E-state index contributed by atoms with van der Waals surface area (Å²) in [6.45, 7) is 8.17. The molecule has 39 heavy (non-hydrogen) atoms. The Hall–Kier alpha value is -3.47. The fourth-order valence-electron chi connectivity index (χ4n) is 4.11. The number of carbonyl (C=O) groups excluding carboxylic acids is 1. The quantitative estimate of drug-likeness (QED) is 0.174. The third-order valence-corrected chi connectivity index (χ3v) is 6.09. The molecule has 0 saturated heterocycles. The molecule has 0 aromatic carbocycles.